The molecule has 2 aliphatic heterocycles. The van der Waals surface area contributed by atoms with E-state index < -0.39 is 68.7 Å². The lowest BCUT2D eigenvalue weighted by Gasteiger charge is -2.43. The maximum atomic E-state index is 10.7. The van der Waals surface area contributed by atoms with Crippen molar-refractivity contribution >= 4 is 18.7 Å². The number of hydrogen-bond acceptors (Lipinski definition) is 10. The van der Waals surface area contributed by atoms with Gasteiger partial charge >= 0.3 is 0 Å². The molecule has 51 heavy (non-hydrogen) atoms. The monoisotopic (exact) mass is 730 g/mol. The summed E-state index contributed by atoms with van der Waals surface area (Å²) in [5, 5.41) is 32.2. The normalized spacial score (nSPS) is 25.3. The lowest BCUT2D eigenvalue weighted by molar-refractivity contribution is -0.167. The van der Waals surface area contributed by atoms with Crippen molar-refractivity contribution in [3.05, 3.63) is 86.0 Å². The molecule has 3 N–H and O–H groups in total. The van der Waals surface area contributed by atoms with Gasteiger partial charge in [0.15, 0.2) is 11.6 Å². The first-order chi connectivity index (χ1) is 24.0. The van der Waals surface area contributed by atoms with Gasteiger partial charge in [0.05, 0.1) is 25.4 Å². The molecule has 0 amide bonds. The third-order valence-corrected chi connectivity index (χ3v) is 14.3. The first-order valence-electron chi connectivity index (χ1n) is 17.7. The highest BCUT2D eigenvalue weighted by molar-refractivity contribution is 6.99. The molecule has 0 radical (unpaired) electrons. The molecule has 4 rings (SSSR count). The standard InChI is InChI=1S/C28H40O5Si.C12H22O5/c1-8-15-23(29)25(30-7)26-24(32-28(5,6)33-26)20-31-34(27(2,3)4,21-16-11-9-12-17-21)22-18-13-10-14-19-22;1-5-6-8(14)10(15-4)11-9(7-13)16-12(2,3)17-11/h8-14,16-19,23-26,29H,1,15,20H2,2-7H3;5,8-11,13-14H,1,6-7H2,2-4H3/t23-,24-,25-,26-;8-,9-,10-,11-/m00/s1. The predicted octanol–water partition coefficient (Wildman–Crippen LogP) is 4.49. The van der Waals surface area contributed by atoms with E-state index in [4.69, 9.17) is 32.8 Å². The maximum Gasteiger partial charge on any atom is 0.261 e. The fourth-order valence-electron chi connectivity index (χ4n) is 7.15. The van der Waals surface area contributed by atoms with E-state index in [1.54, 1.807) is 33.1 Å². The Morgan fingerprint density at radius 2 is 1.12 bits per heavy atom. The van der Waals surface area contributed by atoms with E-state index in [0.717, 1.165) is 0 Å². The highest BCUT2D eigenvalue weighted by Crippen LogP contribution is 2.39. The summed E-state index contributed by atoms with van der Waals surface area (Å²) in [7, 11) is 0.354. The van der Waals surface area contributed by atoms with Crippen LogP contribution < -0.4 is 10.4 Å². The zero-order valence-corrected chi connectivity index (χ0v) is 33.0. The molecule has 2 aliphatic rings. The van der Waals surface area contributed by atoms with E-state index in [2.05, 4.69) is 82.5 Å². The third kappa shape index (κ3) is 10.7. The van der Waals surface area contributed by atoms with Gasteiger partial charge in [-0.3, -0.25) is 0 Å². The molecular formula is C40H62O10Si. The lowest BCUT2D eigenvalue weighted by Crippen LogP contribution is -2.67. The first-order valence-corrected chi connectivity index (χ1v) is 19.6. The molecule has 0 spiro atoms. The Balaban J connectivity index is 0.000000347. The summed E-state index contributed by atoms with van der Waals surface area (Å²) >= 11 is 0. The number of rotatable bonds is 16. The molecule has 286 valence electrons. The van der Waals surface area contributed by atoms with E-state index in [-0.39, 0.29) is 11.6 Å². The Morgan fingerprint density at radius 3 is 1.47 bits per heavy atom. The van der Waals surface area contributed by atoms with Crippen LogP contribution in [0.1, 0.15) is 61.3 Å². The smallest absolute Gasteiger partial charge is 0.261 e. The van der Waals surface area contributed by atoms with Crippen LogP contribution in [0.25, 0.3) is 0 Å². The minimum atomic E-state index is -2.74. The van der Waals surface area contributed by atoms with Crippen LogP contribution in [0.2, 0.25) is 5.04 Å². The summed E-state index contributed by atoms with van der Waals surface area (Å²) in [5.74, 6) is -1.59. The number of hydrogen-bond donors (Lipinski definition) is 3. The molecule has 2 aromatic rings. The van der Waals surface area contributed by atoms with Crippen LogP contribution in [0.5, 0.6) is 0 Å². The Kier molecular flexibility index (Phi) is 15.8. The molecule has 0 unspecified atom stereocenters. The van der Waals surface area contributed by atoms with E-state index in [1.165, 1.54) is 17.5 Å². The van der Waals surface area contributed by atoms with Gasteiger partial charge in [-0.15, -0.1) is 13.2 Å². The molecule has 0 saturated carbocycles. The van der Waals surface area contributed by atoms with Gasteiger partial charge in [-0.25, -0.2) is 0 Å². The van der Waals surface area contributed by atoms with Crippen molar-refractivity contribution in [1.82, 2.24) is 0 Å². The minimum absolute atomic E-state index is 0.150. The molecule has 2 heterocycles. The SMILES string of the molecule is C=CC[C@H](O)[C@H](OC)[C@H]1OC(C)(C)O[C@H]1CO.C=CC[C@H](O)[C@H](OC)[C@H]1OC(C)(C)O[C@H]1CO[Si](c1ccccc1)(c1ccccc1)C(C)(C)C. The van der Waals surface area contributed by atoms with Crippen LogP contribution in [0, 0.1) is 0 Å². The molecule has 8 atom stereocenters. The summed E-state index contributed by atoms with van der Waals surface area (Å²) in [6, 6.07) is 21.0. The van der Waals surface area contributed by atoms with Gasteiger partial charge in [-0.05, 0) is 55.9 Å². The van der Waals surface area contributed by atoms with E-state index in [9.17, 15) is 15.3 Å². The van der Waals surface area contributed by atoms with Crippen LogP contribution in [0.3, 0.4) is 0 Å². The molecule has 0 aliphatic carbocycles. The summed E-state index contributed by atoms with van der Waals surface area (Å²) in [5.41, 5.74) is 0. The molecule has 11 heteroatoms. The third-order valence-electron chi connectivity index (χ3n) is 9.27. The van der Waals surface area contributed by atoms with Gasteiger partial charge in [0.1, 0.15) is 36.6 Å². The Labute approximate surface area is 306 Å². The maximum absolute atomic E-state index is 10.7. The fraction of sp³-hybridized carbons (Fsp3) is 0.600. The van der Waals surface area contributed by atoms with Gasteiger partial charge < -0.3 is 48.2 Å². The van der Waals surface area contributed by atoms with Crippen molar-refractivity contribution in [1.29, 1.82) is 0 Å². The Hall–Kier alpha value is -2.26. The van der Waals surface area contributed by atoms with Crippen molar-refractivity contribution in [2.45, 2.75) is 127 Å². The van der Waals surface area contributed by atoms with Crippen LogP contribution >= 0.6 is 0 Å². The summed E-state index contributed by atoms with van der Waals surface area (Å²) in [6.07, 6.45) is -0.345. The number of methoxy groups -OCH3 is 2. The minimum Gasteiger partial charge on any atom is -0.405 e. The number of aliphatic hydroxyl groups is 3. The second-order valence-electron chi connectivity index (χ2n) is 15.0. The van der Waals surface area contributed by atoms with E-state index >= 15 is 0 Å². The summed E-state index contributed by atoms with van der Waals surface area (Å²) in [4.78, 5) is 0. The second kappa shape index (κ2) is 18.7. The summed E-state index contributed by atoms with van der Waals surface area (Å²) < 4.78 is 41.8. The van der Waals surface area contributed by atoms with Crippen LogP contribution in [0.4, 0.5) is 0 Å². The average Bonchev–Trinajstić information content (AvgIpc) is 3.56. The molecule has 0 aromatic heterocycles. The average molecular weight is 731 g/mol. The van der Waals surface area contributed by atoms with E-state index in [1.807, 2.05) is 26.0 Å². The zero-order chi connectivity index (χ0) is 38.0. The fourth-order valence-corrected chi connectivity index (χ4v) is 11.7. The van der Waals surface area contributed by atoms with Gasteiger partial charge in [0.25, 0.3) is 8.32 Å². The molecule has 0 bridgehead atoms. The number of ether oxygens (including phenoxy) is 6. The van der Waals surface area contributed by atoms with Crippen LogP contribution in [0.15, 0.2) is 86.0 Å². The first kappa shape index (κ1) is 43.1. The van der Waals surface area contributed by atoms with Crippen LogP contribution in [-0.4, -0.2) is 111 Å². The number of benzene rings is 2. The highest BCUT2D eigenvalue weighted by atomic mass is 28.4. The largest absolute Gasteiger partial charge is 0.405 e. The predicted molar refractivity (Wildman–Crippen MR) is 202 cm³/mol. The van der Waals surface area contributed by atoms with Crippen molar-refractivity contribution in [3.8, 4) is 0 Å². The topological polar surface area (TPSA) is 125 Å². The molecule has 2 fully saturated rings. The van der Waals surface area contributed by atoms with Crippen LogP contribution in [-0.2, 0) is 32.8 Å². The Bertz CT molecular complexity index is 1290. The van der Waals surface area contributed by atoms with Crippen molar-refractivity contribution in [2.24, 2.45) is 0 Å². The molecule has 10 nitrogen and oxygen atoms in total. The highest BCUT2D eigenvalue weighted by Gasteiger charge is 2.53. The molecule has 2 aromatic carbocycles. The molecule has 2 saturated heterocycles. The lowest BCUT2D eigenvalue weighted by atomic mass is 10.0. The zero-order valence-electron chi connectivity index (χ0n) is 32.0. The second-order valence-corrected chi connectivity index (χ2v) is 19.3. The Morgan fingerprint density at radius 1 is 0.725 bits per heavy atom. The van der Waals surface area contributed by atoms with Crippen molar-refractivity contribution in [3.63, 3.8) is 0 Å². The number of aliphatic hydroxyl groups excluding tert-OH is 3. The summed E-state index contributed by atoms with van der Waals surface area (Å²) in [6.45, 7) is 21.5. The van der Waals surface area contributed by atoms with Gasteiger partial charge in [-0.2, -0.15) is 0 Å². The van der Waals surface area contributed by atoms with Crippen molar-refractivity contribution in [2.75, 3.05) is 27.4 Å². The van der Waals surface area contributed by atoms with E-state index in [0.29, 0.717) is 19.4 Å². The quantitative estimate of drug-likeness (QED) is 0.168. The molecular weight excluding hydrogens is 669 g/mol. The van der Waals surface area contributed by atoms with Gasteiger partial charge in [0.2, 0.25) is 0 Å². The van der Waals surface area contributed by atoms with Gasteiger partial charge in [-0.1, -0.05) is 93.6 Å². The van der Waals surface area contributed by atoms with Gasteiger partial charge in [0, 0.05) is 14.2 Å². The van der Waals surface area contributed by atoms with Crippen molar-refractivity contribution < 1.29 is 48.2 Å².